The zero-order chi connectivity index (χ0) is 30.7. The molecule has 224 valence electrons. The SMILES string of the molecule is Cc1cccc(F)c1C(=O)N1CCC[C@H](C(=O)Nc2cccc(C(C)(C)C)c2)[C@@H]1c1ccc(NCc2nccn2C)cc1. The number of nitrogens with zero attached hydrogens (tertiary/aromatic N) is 3. The summed E-state index contributed by atoms with van der Waals surface area (Å²) < 4.78 is 17.0. The highest BCUT2D eigenvalue weighted by Crippen LogP contribution is 2.39. The van der Waals surface area contributed by atoms with Gasteiger partial charge in [-0.25, -0.2) is 9.37 Å². The minimum Gasteiger partial charge on any atom is -0.378 e. The van der Waals surface area contributed by atoms with Crippen molar-refractivity contribution < 1.29 is 14.0 Å². The first-order chi connectivity index (χ1) is 20.5. The molecular weight excluding hydrogens is 541 g/mol. The molecule has 0 radical (unpaired) electrons. The third kappa shape index (κ3) is 6.63. The summed E-state index contributed by atoms with van der Waals surface area (Å²) in [5, 5.41) is 6.51. The molecule has 2 atom stereocenters. The monoisotopic (exact) mass is 581 g/mol. The Kier molecular flexibility index (Phi) is 8.67. The van der Waals surface area contributed by atoms with Crippen LogP contribution >= 0.6 is 0 Å². The van der Waals surface area contributed by atoms with E-state index in [4.69, 9.17) is 0 Å². The fourth-order valence-electron chi connectivity index (χ4n) is 5.80. The standard InChI is InChI=1S/C35H40FN5O2/c1-23-9-6-13-29(36)31(23)34(43)41-19-8-12-28(33(42)39-27-11-7-10-25(21-27)35(2,3)4)32(41)24-14-16-26(17-15-24)38-22-30-37-18-20-40(30)5/h6-7,9-11,13-18,20-21,28,32,38H,8,12,19,22H2,1-5H3,(H,39,42)/t28-,32-/m0/s1. The molecule has 7 nitrogen and oxygen atoms in total. The van der Waals surface area contributed by atoms with Crippen LogP contribution in [0, 0.1) is 18.7 Å². The topological polar surface area (TPSA) is 79.3 Å². The number of imidazole rings is 1. The molecule has 1 aromatic heterocycles. The maximum absolute atomic E-state index is 15.0. The summed E-state index contributed by atoms with van der Waals surface area (Å²) in [4.78, 5) is 34.0. The number of benzene rings is 3. The zero-order valence-corrected chi connectivity index (χ0v) is 25.5. The molecule has 5 rings (SSSR count). The van der Waals surface area contributed by atoms with E-state index >= 15 is 4.39 Å². The number of anilines is 2. The maximum atomic E-state index is 15.0. The van der Waals surface area contributed by atoms with Crippen LogP contribution in [0.2, 0.25) is 0 Å². The Morgan fingerprint density at radius 3 is 2.44 bits per heavy atom. The number of aryl methyl sites for hydroxylation is 2. The summed E-state index contributed by atoms with van der Waals surface area (Å²) >= 11 is 0. The molecular formula is C35H40FN5O2. The average Bonchev–Trinajstić information content (AvgIpc) is 3.40. The lowest BCUT2D eigenvalue weighted by atomic mass is 9.83. The molecule has 0 aliphatic carbocycles. The Labute approximate surface area is 253 Å². The van der Waals surface area contributed by atoms with Crippen molar-refractivity contribution in [2.75, 3.05) is 17.2 Å². The molecule has 4 aromatic rings. The van der Waals surface area contributed by atoms with Gasteiger partial charge >= 0.3 is 0 Å². The molecule has 2 N–H and O–H groups in total. The third-order valence-electron chi connectivity index (χ3n) is 8.28. The second-order valence-corrected chi connectivity index (χ2v) is 12.4. The minimum atomic E-state index is -0.561. The number of amides is 2. The quantitative estimate of drug-likeness (QED) is 0.246. The van der Waals surface area contributed by atoms with Crippen molar-refractivity contribution in [3.63, 3.8) is 0 Å². The number of rotatable bonds is 7. The summed E-state index contributed by atoms with van der Waals surface area (Å²) in [6.45, 7) is 9.13. The molecule has 3 aromatic carbocycles. The summed E-state index contributed by atoms with van der Waals surface area (Å²) in [5.41, 5.74) is 4.12. The van der Waals surface area contributed by atoms with Crippen molar-refractivity contribution in [2.24, 2.45) is 13.0 Å². The molecule has 0 bridgehead atoms. The molecule has 1 saturated heterocycles. The van der Waals surface area contributed by atoms with Crippen LogP contribution < -0.4 is 10.6 Å². The Balaban J connectivity index is 1.46. The second kappa shape index (κ2) is 12.4. The van der Waals surface area contributed by atoms with Gasteiger partial charge in [-0.15, -0.1) is 0 Å². The number of hydrogen-bond donors (Lipinski definition) is 2. The summed E-state index contributed by atoms with van der Waals surface area (Å²) in [7, 11) is 1.95. The van der Waals surface area contributed by atoms with Crippen LogP contribution in [0.5, 0.6) is 0 Å². The van der Waals surface area contributed by atoms with E-state index in [1.54, 1.807) is 30.2 Å². The van der Waals surface area contributed by atoms with E-state index in [1.165, 1.54) is 6.07 Å². The van der Waals surface area contributed by atoms with Gasteiger partial charge in [-0.1, -0.05) is 57.2 Å². The van der Waals surface area contributed by atoms with Gasteiger partial charge in [-0.2, -0.15) is 0 Å². The number of carbonyl (C=O) groups is 2. The maximum Gasteiger partial charge on any atom is 0.257 e. The van der Waals surface area contributed by atoms with Gasteiger partial charge in [0.2, 0.25) is 5.91 Å². The fraction of sp³-hybridized carbons (Fsp3) is 0.343. The predicted molar refractivity (Wildman–Crippen MR) is 168 cm³/mol. The molecule has 0 saturated carbocycles. The molecule has 2 amide bonds. The van der Waals surface area contributed by atoms with Crippen LogP contribution in [0.15, 0.2) is 79.1 Å². The molecule has 8 heteroatoms. The first-order valence-electron chi connectivity index (χ1n) is 14.8. The summed E-state index contributed by atoms with van der Waals surface area (Å²) in [6, 6.07) is 19.8. The predicted octanol–water partition coefficient (Wildman–Crippen LogP) is 7.01. The first-order valence-corrected chi connectivity index (χ1v) is 14.8. The number of aromatic nitrogens is 2. The Morgan fingerprint density at radius 1 is 1.02 bits per heavy atom. The normalized spacial score (nSPS) is 17.0. The smallest absolute Gasteiger partial charge is 0.257 e. The lowest BCUT2D eigenvalue weighted by Crippen LogP contribution is -2.46. The fourth-order valence-corrected chi connectivity index (χ4v) is 5.80. The lowest BCUT2D eigenvalue weighted by molar-refractivity contribution is -0.123. The average molecular weight is 582 g/mol. The third-order valence-corrected chi connectivity index (χ3v) is 8.28. The summed E-state index contributed by atoms with van der Waals surface area (Å²) in [5.74, 6) is -0.723. The molecule has 43 heavy (non-hydrogen) atoms. The molecule has 1 aliphatic heterocycles. The van der Waals surface area contributed by atoms with Crippen LogP contribution in [0.3, 0.4) is 0 Å². The van der Waals surface area contributed by atoms with Crippen LogP contribution in [0.1, 0.15) is 72.5 Å². The van der Waals surface area contributed by atoms with Crippen molar-refractivity contribution in [1.82, 2.24) is 14.5 Å². The molecule has 2 heterocycles. The van der Waals surface area contributed by atoms with E-state index < -0.39 is 23.7 Å². The van der Waals surface area contributed by atoms with Crippen LogP contribution in [-0.4, -0.2) is 32.8 Å². The second-order valence-electron chi connectivity index (χ2n) is 12.4. The highest BCUT2D eigenvalue weighted by molar-refractivity contribution is 5.98. The van der Waals surface area contributed by atoms with Crippen molar-refractivity contribution in [3.8, 4) is 0 Å². The van der Waals surface area contributed by atoms with E-state index in [-0.39, 0.29) is 16.9 Å². The van der Waals surface area contributed by atoms with Crippen molar-refractivity contribution in [2.45, 2.75) is 58.5 Å². The summed E-state index contributed by atoms with van der Waals surface area (Å²) in [6.07, 6.45) is 4.90. The number of carbonyl (C=O) groups excluding carboxylic acids is 2. The van der Waals surface area contributed by atoms with E-state index in [1.807, 2.05) is 60.3 Å². The van der Waals surface area contributed by atoms with Gasteiger partial charge in [-0.3, -0.25) is 9.59 Å². The molecule has 1 fully saturated rings. The Hall–Kier alpha value is -4.46. The minimum absolute atomic E-state index is 0.0554. The van der Waals surface area contributed by atoms with Crippen LogP contribution in [0.25, 0.3) is 0 Å². The van der Waals surface area contributed by atoms with E-state index in [0.29, 0.717) is 31.5 Å². The van der Waals surface area contributed by atoms with Crippen LogP contribution in [0.4, 0.5) is 15.8 Å². The van der Waals surface area contributed by atoms with Gasteiger partial charge in [0.25, 0.3) is 5.91 Å². The largest absolute Gasteiger partial charge is 0.378 e. The van der Waals surface area contributed by atoms with Gasteiger partial charge in [0.15, 0.2) is 0 Å². The number of hydrogen-bond acceptors (Lipinski definition) is 4. The van der Waals surface area contributed by atoms with Crippen LogP contribution in [-0.2, 0) is 23.8 Å². The van der Waals surface area contributed by atoms with Crippen molar-refractivity contribution in [1.29, 1.82) is 0 Å². The van der Waals surface area contributed by atoms with Gasteiger partial charge in [0.1, 0.15) is 11.6 Å². The molecule has 0 spiro atoms. The van der Waals surface area contributed by atoms with E-state index in [9.17, 15) is 9.59 Å². The highest BCUT2D eigenvalue weighted by atomic mass is 19.1. The number of piperidine rings is 1. The van der Waals surface area contributed by atoms with Gasteiger partial charge in [-0.05, 0) is 72.2 Å². The molecule has 0 unspecified atom stereocenters. The first kappa shape index (κ1) is 30.0. The lowest BCUT2D eigenvalue weighted by Gasteiger charge is -2.41. The Morgan fingerprint density at radius 2 is 1.77 bits per heavy atom. The van der Waals surface area contributed by atoms with Gasteiger partial charge in [0.05, 0.1) is 24.1 Å². The van der Waals surface area contributed by atoms with Gasteiger partial charge < -0.3 is 20.1 Å². The van der Waals surface area contributed by atoms with Crippen molar-refractivity contribution >= 4 is 23.2 Å². The zero-order valence-electron chi connectivity index (χ0n) is 25.5. The van der Waals surface area contributed by atoms with Gasteiger partial charge in [0, 0.05) is 37.4 Å². The number of halogens is 1. The van der Waals surface area contributed by atoms with E-state index in [0.717, 1.165) is 28.3 Å². The van der Waals surface area contributed by atoms with Crippen molar-refractivity contribution in [3.05, 3.63) is 113 Å². The Bertz CT molecular complexity index is 1580. The highest BCUT2D eigenvalue weighted by Gasteiger charge is 2.40. The number of nitrogens with one attached hydrogen (secondary N) is 2. The number of likely N-dealkylation sites (tertiary alicyclic amines) is 1. The van der Waals surface area contributed by atoms with E-state index in [2.05, 4.69) is 42.5 Å². The molecule has 1 aliphatic rings.